The highest BCUT2D eigenvalue weighted by molar-refractivity contribution is 6.42. The van der Waals surface area contributed by atoms with E-state index in [-0.39, 0.29) is 12.5 Å². The Morgan fingerprint density at radius 3 is 2.62 bits per heavy atom. The number of nitrogens with two attached hydrogens (primary N) is 1. The topological polar surface area (TPSA) is 64.3 Å². The summed E-state index contributed by atoms with van der Waals surface area (Å²) in [4.78, 5) is 11.8. The number of halogens is 2. The van der Waals surface area contributed by atoms with Crippen molar-refractivity contribution in [2.45, 2.75) is 6.92 Å². The molecule has 6 heteroatoms. The van der Waals surface area contributed by atoms with Crippen LogP contribution < -0.4 is 15.8 Å². The Labute approximate surface area is 132 Å². The Morgan fingerprint density at radius 1 is 1.19 bits per heavy atom. The number of nitrogen functional groups attached to an aromatic ring is 1. The van der Waals surface area contributed by atoms with Crippen molar-refractivity contribution in [2.75, 3.05) is 17.7 Å². The van der Waals surface area contributed by atoms with Crippen LogP contribution in [0.3, 0.4) is 0 Å². The van der Waals surface area contributed by atoms with E-state index < -0.39 is 0 Å². The summed E-state index contributed by atoms with van der Waals surface area (Å²) in [7, 11) is 0. The molecular formula is C15H14Cl2N2O2. The van der Waals surface area contributed by atoms with Crippen molar-refractivity contribution in [3.05, 3.63) is 52.0 Å². The smallest absolute Gasteiger partial charge is 0.262 e. The van der Waals surface area contributed by atoms with Gasteiger partial charge in [0.15, 0.2) is 6.61 Å². The molecule has 0 aromatic heterocycles. The number of aryl methyl sites for hydroxylation is 1. The van der Waals surface area contributed by atoms with Gasteiger partial charge in [0.1, 0.15) is 5.75 Å². The molecule has 0 fully saturated rings. The second kappa shape index (κ2) is 6.70. The maximum Gasteiger partial charge on any atom is 0.262 e. The molecule has 0 aliphatic heterocycles. The monoisotopic (exact) mass is 324 g/mol. The van der Waals surface area contributed by atoms with Gasteiger partial charge in [-0.15, -0.1) is 0 Å². The fraction of sp³-hybridized carbons (Fsp3) is 0.133. The highest BCUT2D eigenvalue weighted by Crippen LogP contribution is 2.25. The van der Waals surface area contributed by atoms with Crippen LogP contribution in [0.5, 0.6) is 5.75 Å². The minimum absolute atomic E-state index is 0.106. The molecule has 0 saturated carbocycles. The highest BCUT2D eigenvalue weighted by Gasteiger charge is 2.07. The molecule has 2 aromatic carbocycles. The number of carbonyl (C=O) groups excluding carboxylic acids is 1. The van der Waals surface area contributed by atoms with E-state index in [1.165, 1.54) is 0 Å². The van der Waals surface area contributed by atoms with Gasteiger partial charge in [-0.2, -0.15) is 0 Å². The molecule has 0 atom stereocenters. The first-order chi connectivity index (χ1) is 9.95. The Hall–Kier alpha value is -1.91. The first-order valence-electron chi connectivity index (χ1n) is 6.19. The van der Waals surface area contributed by atoms with E-state index in [2.05, 4.69) is 5.32 Å². The van der Waals surface area contributed by atoms with Crippen LogP contribution in [0.4, 0.5) is 11.4 Å². The van der Waals surface area contributed by atoms with Crippen molar-refractivity contribution in [1.29, 1.82) is 0 Å². The van der Waals surface area contributed by atoms with Crippen molar-refractivity contribution >= 4 is 40.5 Å². The molecule has 0 saturated heterocycles. The molecule has 0 radical (unpaired) electrons. The summed E-state index contributed by atoms with van der Waals surface area (Å²) in [5, 5.41) is 3.49. The molecule has 0 bridgehead atoms. The summed E-state index contributed by atoms with van der Waals surface area (Å²) in [6, 6.07) is 10.1. The normalized spacial score (nSPS) is 10.2. The van der Waals surface area contributed by atoms with Gasteiger partial charge in [0.25, 0.3) is 5.91 Å². The summed E-state index contributed by atoms with van der Waals surface area (Å²) in [6.07, 6.45) is 0. The largest absolute Gasteiger partial charge is 0.483 e. The molecular weight excluding hydrogens is 311 g/mol. The molecule has 110 valence electrons. The zero-order valence-electron chi connectivity index (χ0n) is 11.3. The maximum atomic E-state index is 11.8. The van der Waals surface area contributed by atoms with Gasteiger partial charge in [-0.25, -0.2) is 0 Å². The van der Waals surface area contributed by atoms with E-state index in [9.17, 15) is 4.79 Å². The molecule has 3 N–H and O–H groups in total. The Balaban J connectivity index is 1.94. The average Bonchev–Trinajstić information content (AvgIpc) is 2.42. The second-order valence-corrected chi connectivity index (χ2v) is 5.31. The molecule has 4 nitrogen and oxygen atoms in total. The maximum absolute atomic E-state index is 11.8. The molecule has 0 aliphatic rings. The lowest BCUT2D eigenvalue weighted by Crippen LogP contribution is -2.20. The van der Waals surface area contributed by atoms with Crippen LogP contribution in [0.1, 0.15) is 5.56 Å². The molecule has 0 aliphatic carbocycles. The van der Waals surface area contributed by atoms with E-state index in [0.717, 1.165) is 5.56 Å². The van der Waals surface area contributed by atoms with Crippen molar-refractivity contribution in [2.24, 2.45) is 0 Å². The fourth-order valence-corrected chi connectivity index (χ4v) is 2.05. The van der Waals surface area contributed by atoms with Crippen molar-refractivity contribution in [3.8, 4) is 5.75 Å². The lowest BCUT2D eigenvalue weighted by Gasteiger charge is -2.10. The molecule has 0 unspecified atom stereocenters. The number of rotatable bonds is 4. The van der Waals surface area contributed by atoms with E-state index in [1.807, 2.05) is 6.92 Å². The van der Waals surface area contributed by atoms with Crippen LogP contribution in [0.15, 0.2) is 36.4 Å². The summed E-state index contributed by atoms with van der Waals surface area (Å²) < 4.78 is 5.45. The van der Waals surface area contributed by atoms with Gasteiger partial charge in [0, 0.05) is 11.4 Å². The predicted octanol–water partition coefficient (Wildman–Crippen LogP) is 3.90. The van der Waals surface area contributed by atoms with Crippen LogP contribution in [-0.2, 0) is 4.79 Å². The Morgan fingerprint density at radius 2 is 1.95 bits per heavy atom. The van der Waals surface area contributed by atoms with Gasteiger partial charge in [0.2, 0.25) is 0 Å². The number of anilines is 2. The van der Waals surface area contributed by atoms with Gasteiger partial charge in [-0.3, -0.25) is 4.79 Å². The average molecular weight is 325 g/mol. The molecule has 21 heavy (non-hydrogen) atoms. The molecule has 0 spiro atoms. The number of ether oxygens (including phenoxy) is 1. The summed E-state index contributed by atoms with van der Waals surface area (Å²) in [6.45, 7) is 1.76. The third kappa shape index (κ3) is 4.28. The number of nitrogens with one attached hydrogen (secondary N) is 1. The lowest BCUT2D eigenvalue weighted by atomic mass is 10.2. The van der Waals surface area contributed by atoms with Crippen molar-refractivity contribution in [1.82, 2.24) is 0 Å². The number of amides is 1. The minimum Gasteiger partial charge on any atom is -0.483 e. The van der Waals surface area contributed by atoms with Gasteiger partial charge in [-0.05, 0) is 48.9 Å². The van der Waals surface area contributed by atoms with Crippen LogP contribution in [0.25, 0.3) is 0 Å². The van der Waals surface area contributed by atoms with Gasteiger partial charge in [-0.1, -0.05) is 23.2 Å². The minimum atomic E-state index is -0.287. The van der Waals surface area contributed by atoms with Crippen LogP contribution in [0.2, 0.25) is 10.0 Å². The van der Waals surface area contributed by atoms with Gasteiger partial charge in [0.05, 0.1) is 10.0 Å². The quantitative estimate of drug-likeness (QED) is 0.838. The molecule has 2 rings (SSSR count). The lowest BCUT2D eigenvalue weighted by molar-refractivity contribution is -0.118. The van der Waals surface area contributed by atoms with Crippen molar-refractivity contribution in [3.63, 3.8) is 0 Å². The van der Waals surface area contributed by atoms with E-state index in [0.29, 0.717) is 27.2 Å². The highest BCUT2D eigenvalue weighted by atomic mass is 35.5. The Kier molecular flexibility index (Phi) is 4.94. The van der Waals surface area contributed by atoms with E-state index >= 15 is 0 Å². The first kappa shape index (κ1) is 15.5. The number of hydrogen-bond donors (Lipinski definition) is 2. The zero-order chi connectivity index (χ0) is 15.4. The van der Waals surface area contributed by atoms with E-state index in [4.69, 9.17) is 33.7 Å². The molecule has 1 amide bonds. The molecule has 0 heterocycles. The summed E-state index contributed by atoms with van der Waals surface area (Å²) in [5.41, 5.74) is 7.74. The number of benzene rings is 2. The van der Waals surface area contributed by atoms with Crippen molar-refractivity contribution < 1.29 is 9.53 Å². The van der Waals surface area contributed by atoms with Crippen LogP contribution in [-0.4, -0.2) is 12.5 Å². The third-order valence-corrected chi connectivity index (χ3v) is 3.50. The summed E-state index contributed by atoms with van der Waals surface area (Å²) >= 11 is 11.7. The number of hydrogen-bond acceptors (Lipinski definition) is 3. The van der Waals surface area contributed by atoms with Crippen LogP contribution in [0, 0.1) is 6.92 Å². The Bertz CT molecular complexity index is 675. The van der Waals surface area contributed by atoms with Gasteiger partial charge < -0.3 is 15.8 Å². The molecule has 2 aromatic rings. The van der Waals surface area contributed by atoms with Crippen LogP contribution >= 0.6 is 23.2 Å². The predicted molar refractivity (Wildman–Crippen MR) is 86.2 cm³/mol. The SMILES string of the molecule is Cc1cc(N)ccc1OCC(=O)Nc1ccc(Cl)c(Cl)c1. The zero-order valence-corrected chi connectivity index (χ0v) is 12.8. The van der Waals surface area contributed by atoms with E-state index in [1.54, 1.807) is 36.4 Å². The standard InChI is InChI=1S/C15H14Cl2N2O2/c1-9-6-10(18)2-5-14(9)21-8-15(20)19-11-3-4-12(16)13(17)7-11/h2-7H,8,18H2,1H3,(H,19,20). The summed E-state index contributed by atoms with van der Waals surface area (Å²) in [5.74, 6) is 0.332. The first-order valence-corrected chi connectivity index (χ1v) is 6.95. The second-order valence-electron chi connectivity index (χ2n) is 4.49. The number of carbonyl (C=O) groups is 1. The third-order valence-electron chi connectivity index (χ3n) is 2.76. The van der Waals surface area contributed by atoms with Gasteiger partial charge >= 0.3 is 0 Å². The fourth-order valence-electron chi connectivity index (χ4n) is 1.75.